The molecule has 0 saturated heterocycles. The number of aromatic nitrogens is 2. The molecule has 1 aromatic carbocycles. The highest BCUT2D eigenvalue weighted by molar-refractivity contribution is 9.10. The number of H-pyrrole nitrogens is 1. The lowest BCUT2D eigenvalue weighted by molar-refractivity contribution is 0.0698. The van der Waals surface area contributed by atoms with Crippen molar-refractivity contribution < 1.29 is 9.90 Å². The number of carbonyl (C=O) groups is 1. The summed E-state index contributed by atoms with van der Waals surface area (Å²) in [6.07, 6.45) is 3.16. The van der Waals surface area contributed by atoms with Gasteiger partial charge in [0, 0.05) is 27.9 Å². The fourth-order valence-electron chi connectivity index (χ4n) is 2.27. The summed E-state index contributed by atoms with van der Waals surface area (Å²) in [4.78, 5) is 18.6. The van der Waals surface area contributed by atoms with E-state index >= 15 is 0 Å². The van der Waals surface area contributed by atoms with Crippen LogP contribution in [0.1, 0.15) is 15.9 Å². The van der Waals surface area contributed by atoms with E-state index in [2.05, 4.69) is 31.2 Å². The van der Waals surface area contributed by atoms with E-state index in [1.807, 2.05) is 31.2 Å². The van der Waals surface area contributed by atoms with Crippen molar-refractivity contribution >= 4 is 44.3 Å². The van der Waals surface area contributed by atoms with Gasteiger partial charge in [0.15, 0.2) is 5.82 Å². The van der Waals surface area contributed by atoms with Crippen molar-refractivity contribution in [3.8, 4) is 0 Å². The van der Waals surface area contributed by atoms with Crippen molar-refractivity contribution in [1.82, 2.24) is 9.97 Å². The zero-order chi connectivity index (χ0) is 15.0. The molecule has 5 nitrogen and oxygen atoms in total. The van der Waals surface area contributed by atoms with Crippen LogP contribution >= 0.6 is 15.9 Å². The predicted molar refractivity (Wildman–Crippen MR) is 85.2 cm³/mol. The van der Waals surface area contributed by atoms with Crippen molar-refractivity contribution in [2.45, 2.75) is 6.92 Å². The second-order valence-corrected chi connectivity index (χ2v) is 5.60. The van der Waals surface area contributed by atoms with Crippen LogP contribution in [0, 0.1) is 6.92 Å². The number of carboxylic acids is 1. The standard InChI is InChI=1S/C15H12BrN3O2/c1-8-6-17-13-12(8)11(15(20)21)7-18-14(13)19-10-4-2-3-9(16)5-10/h2-7,17H,1H3,(H,18,19)(H,20,21). The van der Waals surface area contributed by atoms with Crippen LogP contribution in [0.25, 0.3) is 10.9 Å². The molecule has 3 N–H and O–H groups in total. The minimum atomic E-state index is -0.982. The van der Waals surface area contributed by atoms with Crippen LogP contribution < -0.4 is 5.32 Å². The van der Waals surface area contributed by atoms with Crippen molar-refractivity contribution in [1.29, 1.82) is 0 Å². The highest BCUT2D eigenvalue weighted by Gasteiger charge is 2.16. The minimum Gasteiger partial charge on any atom is -0.478 e. The van der Waals surface area contributed by atoms with Crippen LogP contribution in [0.15, 0.2) is 41.1 Å². The molecule has 3 aromatic rings. The van der Waals surface area contributed by atoms with Gasteiger partial charge in [-0.2, -0.15) is 0 Å². The zero-order valence-corrected chi connectivity index (χ0v) is 12.7. The van der Waals surface area contributed by atoms with Gasteiger partial charge < -0.3 is 15.4 Å². The van der Waals surface area contributed by atoms with Gasteiger partial charge in [0.25, 0.3) is 0 Å². The second kappa shape index (κ2) is 5.21. The summed E-state index contributed by atoms with van der Waals surface area (Å²) in [5, 5.41) is 13.1. The lowest BCUT2D eigenvalue weighted by Gasteiger charge is -2.08. The SMILES string of the molecule is Cc1c[nH]c2c(Nc3cccc(Br)c3)ncc(C(=O)O)c12. The third kappa shape index (κ3) is 2.50. The maximum Gasteiger partial charge on any atom is 0.337 e. The molecular formula is C15H12BrN3O2. The first-order valence-electron chi connectivity index (χ1n) is 6.29. The van der Waals surface area contributed by atoms with E-state index in [0.29, 0.717) is 16.7 Å². The molecule has 21 heavy (non-hydrogen) atoms. The van der Waals surface area contributed by atoms with Gasteiger partial charge in [-0.1, -0.05) is 22.0 Å². The van der Waals surface area contributed by atoms with E-state index < -0.39 is 5.97 Å². The smallest absolute Gasteiger partial charge is 0.337 e. The summed E-state index contributed by atoms with van der Waals surface area (Å²) in [6, 6.07) is 7.68. The zero-order valence-electron chi connectivity index (χ0n) is 11.1. The number of pyridine rings is 1. The quantitative estimate of drug-likeness (QED) is 0.668. The Balaban J connectivity index is 2.12. The van der Waals surface area contributed by atoms with E-state index in [1.54, 1.807) is 6.20 Å². The lowest BCUT2D eigenvalue weighted by Crippen LogP contribution is -2.02. The molecule has 0 unspecified atom stereocenters. The molecule has 0 aliphatic carbocycles. The number of aromatic amines is 1. The normalized spacial score (nSPS) is 10.8. The van der Waals surface area contributed by atoms with Crippen LogP contribution in [-0.4, -0.2) is 21.0 Å². The number of hydrogen-bond donors (Lipinski definition) is 3. The molecule has 0 aliphatic heterocycles. The Labute approximate surface area is 129 Å². The summed E-state index contributed by atoms with van der Waals surface area (Å²) >= 11 is 3.41. The van der Waals surface area contributed by atoms with Gasteiger partial charge in [-0.3, -0.25) is 0 Å². The Kier molecular flexibility index (Phi) is 3.39. The molecule has 0 spiro atoms. The first-order chi connectivity index (χ1) is 10.1. The van der Waals surface area contributed by atoms with Crippen LogP contribution in [-0.2, 0) is 0 Å². The van der Waals surface area contributed by atoms with Crippen molar-refractivity contribution in [3.05, 3.63) is 52.3 Å². The summed E-state index contributed by atoms with van der Waals surface area (Å²) in [5.41, 5.74) is 2.63. The molecule has 0 saturated carbocycles. The van der Waals surface area contributed by atoms with E-state index in [4.69, 9.17) is 0 Å². The number of nitrogens with one attached hydrogen (secondary N) is 2. The average molecular weight is 346 g/mol. The first-order valence-corrected chi connectivity index (χ1v) is 7.08. The number of hydrogen-bond acceptors (Lipinski definition) is 3. The minimum absolute atomic E-state index is 0.198. The maximum atomic E-state index is 11.3. The fraction of sp³-hybridized carbons (Fsp3) is 0.0667. The van der Waals surface area contributed by atoms with Crippen LogP contribution in [0.2, 0.25) is 0 Å². The molecular weight excluding hydrogens is 334 g/mol. The van der Waals surface area contributed by atoms with E-state index in [9.17, 15) is 9.90 Å². The highest BCUT2D eigenvalue weighted by atomic mass is 79.9. The second-order valence-electron chi connectivity index (χ2n) is 4.68. The summed E-state index contributed by atoms with van der Waals surface area (Å²) in [6.45, 7) is 1.87. The molecule has 6 heteroatoms. The monoisotopic (exact) mass is 345 g/mol. The van der Waals surface area contributed by atoms with Crippen LogP contribution in [0.4, 0.5) is 11.5 Å². The van der Waals surface area contributed by atoms with Crippen LogP contribution in [0.3, 0.4) is 0 Å². The molecule has 0 bridgehead atoms. The van der Waals surface area contributed by atoms with Gasteiger partial charge in [0.05, 0.1) is 11.1 Å². The number of fused-ring (bicyclic) bond motifs is 1. The van der Waals surface area contributed by atoms with Gasteiger partial charge in [-0.15, -0.1) is 0 Å². The third-order valence-corrected chi connectivity index (χ3v) is 3.72. The molecule has 0 aliphatic rings. The van der Waals surface area contributed by atoms with Crippen molar-refractivity contribution in [2.24, 2.45) is 0 Å². The number of nitrogens with zero attached hydrogens (tertiary/aromatic N) is 1. The summed E-state index contributed by atoms with van der Waals surface area (Å²) in [7, 11) is 0. The molecule has 0 fully saturated rings. The molecule has 0 amide bonds. The van der Waals surface area contributed by atoms with E-state index in [1.165, 1.54) is 6.20 Å². The molecule has 2 aromatic heterocycles. The number of aryl methyl sites for hydroxylation is 1. The first kappa shape index (κ1) is 13.6. The molecule has 0 radical (unpaired) electrons. The van der Waals surface area contributed by atoms with E-state index in [0.717, 1.165) is 15.7 Å². The lowest BCUT2D eigenvalue weighted by atomic mass is 10.1. The Morgan fingerprint density at radius 2 is 2.24 bits per heavy atom. The third-order valence-electron chi connectivity index (χ3n) is 3.22. The summed E-state index contributed by atoms with van der Waals surface area (Å²) in [5.74, 6) is -0.384. The Hall–Kier alpha value is -2.34. The highest BCUT2D eigenvalue weighted by Crippen LogP contribution is 2.29. The number of benzene rings is 1. The number of rotatable bonds is 3. The van der Waals surface area contributed by atoms with Crippen molar-refractivity contribution in [3.63, 3.8) is 0 Å². The van der Waals surface area contributed by atoms with Crippen molar-refractivity contribution in [2.75, 3.05) is 5.32 Å². The van der Waals surface area contributed by atoms with Gasteiger partial charge in [0.1, 0.15) is 0 Å². The Morgan fingerprint density at radius 3 is 2.95 bits per heavy atom. The number of anilines is 2. The van der Waals surface area contributed by atoms with Gasteiger partial charge in [-0.25, -0.2) is 9.78 Å². The fourth-order valence-corrected chi connectivity index (χ4v) is 2.67. The molecule has 3 rings (SSSR count). The van der Waals surface area contributed by atoms with Gasteiger partial charge in [-0.05, 0) is 30.7 Å². The molecule has 2 heterocycles. The number of aromatic carboxylic acids is 1. The molecule has 106 valence electrons. The largest absolute Gasteiger partial charge is 0.478 e. The Morgan fingerprint density at radius 1 is 1.43 bits per heavy atom. The van der Waals surface area contributed by atoms with Gasteiger partial charge in [0.2, 0.25) is 0 Å². The Bertz CT molecular complexity index is 842. The summed E-state index contributed by atoms with van der Waals surface area (Å²) < 4.78 is 0.952. The average Bonchev–Trinajstić information content (AvgIpc) is 2.82. The molecule has 0 atom stereocenters. The number of halogens is 1. The predicted octanol–water partition coefficient (Wildman–Crippen LogP) is 4.08. The topological polar surface area (TPSA) is 78.0 Å². The van der Waals surface area contributed by atoms with Crippen LogP contribution in [0.5, 0.6) is 0 Å². The maximum absolute atomic E-state index is 11.3. The van der Waals surface area contributed by atoms with Gasteiger partial charge >= 0.3 is 5.97 Å². The number of carboxylic acid groups (broad SMARTS) is 1. The van der Waals surface area contributed by atoms with E-state index in [-0.39, 0.29) is 5.56 Å².